The average molecular weight is 340 g/mol. The fourth-order valence-electron chi connectivity index (χ4n) is 3.25. The van der Waals surface area contributed by atoms with Crippen LogP contribution in [0, 0.1) is 0 Å². The molecule has 1 aliphatic heterocycles. The number of hydrogen-bond donors (Lipinski definition) is 1. The molecule has 0 bridgehead atoms. The van der Waals surface area contributed by atoms with Crippen LogP contribution in [0.15, 0.2) is 30.4 Å². The van der Waals surface area contributed by atoms with Crippen LogP contribution < -0.4 is 15.2 Å². The van der Waals surface area contributed by atoms with E-state index < -0.39 is 5.91 Å². The van der Waals surface area contributed by atoms with Gasteiger partial charge in [-0.3, -0.25) is 4.79 Å². The molecular weight excluding hydrogens is 320 g/mol. The molecule has 0 unspecified atom stereocenters. The zero-order valence-corrected chi connectivity index (χ0v) is 13.9. The van der Waals surface area contributed by atoms with Crippen LogP contribution >= 0.6 is 0 Å². The van der Waals surface area contributed by atoms with Crippen LogP contribution in [0.3, 0.4) is 0 Å². The molecule has 2 N–H and O–H groups in total. The van der Waals surface area contributed by atoms with Gasteiger partial charge in [-0.15, -0.1) is 0 Å². The van der Waals surface area contributed by atoms with E-state index in [4.69, 9.17) is 15.2 Å². The minimum atomic E-state index is -0.436. The molecule has 2 heterocycles. The molecule has 1 aliphatic carbocycles. The molecular formula is C18H20N4O3. The van der Waals surface area contributed by atoms with Gasteiger partial charge in [0.1, 0.15) is 19.0 Å². The van der Waals surface area contributed by atoms with E-state index in [1.165, 1.54) is 0 Å². The van der Waals surface area contributed by atoms with Crippen LogP contribution in [0.5, 0.6) is 11.5 Å². The quantitative estimate of drug-likeness (QED) is 0.858. The van der Waals surface area contributed by atoms with Gasteiger partial charge < -0.3 is 15.2 Å². The van der Waals surface area contributed by atoms with Crippen molar-refractivity contribution < 1.29 is 14.3 Å². The molecule has 0 radical (unpaired) electrons. The Morgan fingerprint density at radius 1 is 1.24 bits per heavy atom. The molecule has 130 valence electrons. The summed E-state index contributed by atoms with van der Waals surface area (Å²) < 4.78 is 13.1. The number of nitrogens with zero attached hydrogens (tertiary/aromatic N) is 3. The summed E-state index contributed by atoms with van der Waals surface area (Å²) in [5, 5.41) is 4.53. The number of fused-ring (bicyclic) bond motifs is 1. The molecule has 1 amide bonds. The van der Waals surface area contributed by atoms with Crippen molar-refractivity contribution in [3.05, 3.63) is 42.0 Å². The van der Waals surface area contributed by atoms with E-state index in [1.54, 1.807) is 4.68 Å². The SMILES string of the molecule is NC(=O)Cc1nc([C@H]2CC=CCC2)n(-c2ccc3c(c2)OCCO3)n1. The number of amides is 1. The van der Waals surface area contributed by atoms with Crippen LogP contribution in [0.25, 0.3) is 5.69 Å². The van der Waals surface area contributed by atoms with E-state index >= 15 is 0 Å². The van der Waals surface area contributed by atoms with E-state index in [-0.39, 0.29) is 12.3 Å². The van der Waals surface area contributed by atoms with E-state index in [1.807, 2.05) is 18.2 Å². The molecule has 0 saturated heterocycles. The number of nitrogens with two attached hydrogens (primary N) is 1. The van der Waals surface area contributed by atoms with Gasteiger partial charge in [0.2, 0.25) is 5.91 Å². The Morgan fingerprint density at radius 2 is 2.08 bits per heavy atom. The lowest BCUT2D eigenvalue weighted by atomic mass is 9.93. The van der Waals surface area contributed by atoms with E-state index in [0.717, 1.165) is 36.5 Å². The average Bonchev–Trinajstić information content (AvgIpc) is 3.05. The highest BCUT2D eigenvalue weighted by molar-refractivity contribution is 5.75. The first-order valence-electron chi connectivity index (χ1n) is 8.50. The van der Waals surface area contributed by atoms with Crippen LogP contribution in [0.2, 0.25) is 0 Å². The molecule has 1 atom stereocenters. The Balaban J connectivity index is 1.75. The Hall–Kier alpha value is -2.83. The maximum Gasteiger partial charge on any atom is 0.225 e. The van der Waals surface area contributed by atoms with Crippen LogP contribution in [-0.2, 0) is 11.2 Å². The largest absolute Gasteiger partial charge is 0.486 e. The highest BCUT2D eigenvalue weighted by Gasteiger charge is 2.23. The zero-order valence-electron chi connectivity index (χ0n) is 13.9. The normalized spacial score (nSPS) is 19.0. The third-order valence-electron chi connectivity index (χ3n) is 4.41. The van der Waals surface area contributed by atoms with Gasteiger partial charge in [0, 0.05) is 12.0 Å². The second kappa shape index (κ2) is 6.58. The molecule has 7 heteroatoms. The van der Waals surface area contributed by atoms with Gasteiger partial charge in [0.25, 0.3) is 0 Å². The second-order valence-corrected chi connectivity index (χ2v) is 6.25. The third-order valence-corrected chi connectivity index (χ3v) is 4.41. The van der Waals surface area contributed by atoms with Crippen molar-refractivity contribution in [2.24, 2.45) is 5.73 Å². The minimum Gasteiger partial charge on any atom is -0.486 e. The maximum absolute atomic E-state index is 11.3. The molecule has 1 aromatic heterocycles. The Bertz CT molecular complexity index is 828. The Morgan fingerprint density at radius 3 is 2.84 bits per heavy atom. The van der Waals surface area contributed by atoms with Crippen molar-refractivity contribution in [1.82, 2.24) is 14.8 Å². The number of allylic oxidation sites excluding steroid dienone is 2. The number of hydrogen-bond acceptors (Lipinski definition) is 5. The monoisotopic (exact) mass is 340 g/mol. The summed E-state index contributed by atoms with van der Waals surface area (Å²) in [4.78, 5) is 15.9. The predicted molar refractivity (Wildman–Crippen MR) is 91.0 cm³/mol. The maximum atomic E-state index is 11.3. The van der Waals surface area contributed by atoms with Crippen molar-refractivity contribution >= 4 is 5.91 Å². The second-order valence-electron chi connectivity index (χ2n) is 6.25. The van der Waals surface area contributed by atoms with Gasteiger partial charge in [-0.05, 0) is 31.4 Å². The zero-order chi connectivity index (χ0) is 17.2. The predicted octanol–water partition coefficient (Wildman–Crippen LogP) is 1.89. The number of benzene rings is 1. The number of rotatable bonds is 4. The number of carbonyl (C=O) groups is 1. The summed E-state index contributed by atoms with van der Waals surface area (Å²) in [6.07, 6.45) is 7.34. The topological polar surface area (TPSA) is 92.3 Å². The van der Waals surface area contributed by atoms with Gasteiger partial charge >= 0.3 is 0 Å². The lowest BCUT2D eigenvalue weighted by molar-refractivity contribution is -0.117. The standard InChI is InChI=1S/C18H20N4O3/c19-16(23)11-17-20-18(12-4-2-1-3-5-12)22(21-17)13-6-7-14-15(10-13)25-9-8-24-14/h1-2,6-7,10,12H,3-5,8-9,11H2,(H2,19,23)/t12-/m0/s1. The van der Waals surface area contributed by atoms with E-state index in [9.17, 15) is 4.79 Å². The van der Waals surface area contributed by atoms with Gasteiger partial charge in [-0.2, -0.15) is 5.10 Å². The number of aromatic nitrogens is 3. The molecule has 7 nitrogen and oxygen atoms in total. The minimum absolute atomic E-state index is 0.0348. The number of carbonyl (C=O) groups excluding carboxylic acids is 1. The third kappa shape index (κ3) is 3.22. The summed E-state index contributed by atoms with van der Waals surface area (Å²) in [5.41, 5.74) is 6.16. The van der Waals surface area contributed by atoms with Crippen LogP contribution in [0.4, 0.5) is 0 Å². The highest BCUT2D eigenvalue weighted by Crippen LogP contribution is 2.34. The first-order valence-corrected chi connectivity index (χ1v) is 8.50. The van der Waals surface area contributed by atoms with Gasteiger partial charge in [-0.1, -0.05) is 12.2 Å². The molecule has 4 rings (SSSR count). The Kier molecular flexibility index (Phi) is 4.13. The first kappa shape index (κ1) is 15.7. The van der Waals surface area contributed by atoms with Crippen molar-refractivity contribution in [1.29, 1.82) is 0 Å². The fraction of sp³-hybridized carbons (Fsp3) is 0.389. The number of primary amides is 1. The summed E-state index contributed by atoms with van der Waals surface area (Å²) in [6.45, 7) is 1.08. The summed E-state index contributed by atoms with van der Waals surface area (Å²) in [6, 6.07) is 5.71. The van der Waals surface area contributed by atoms with Crippen molar-refractivity contribution in [3.8, 4) is 17.2 Å². The Labute approximate surface area is 145 Å². The molecule has 0 spiro atoms. The lowest BCUT2D eigenvalue weighted by Crippen LogP contribution is -2.16. The molecule has 1 aromatic carbocycles. The van der Waals surface area contributed by atoms with Crippen molar-refractivity contribution in [2.75, 3.05) is 13.2 Å². The van der Waals surface area contributed by atoms with Gasteiger partial charge in [0.05, 0.1) is 12.1 Å². The van der Waals surface area contributed by atoms with Crippen LogP contribution in [0.1, 0.15) is 36.8 Å². The van der Waals surface area contributed by atoms with E-state index in [0.29, 0.717) is 24.8 Å². The molecule has 25 heavy (non-hydrogen) atoms. The van der Waals surface area contributed by atoms with Crippen molar-refractivity contribution in [2.45, 2.75) is 31.6 Å². The molecule has 2 aliphatic rings. The fourth-order valence-corrected chi connectivity index (χ4v) is 3.25. The summed E-state index contributed by atoms with van der Waals surface area (Å²) in [7, 11) is 0. The summed E-state index contributed by atoms with van der Waals surface area (Å²) in [5.74, 6) is 2.57. The smallest absolute Gasteiger partial charge is 0.225 e. The van der Waals surface area contributed by atoms with Gasteiger partial charge in [0.15, 0.2) is 17.3 Å². The van der Waals surface area contributed by atoms with E-state index in [2.05, 4.69) is 22.2 Å². The molecule has 0 saturated carbocycles. The number of ether oxygens (including phenoxy) is 2. The van der Waals surface area contributed by atoms with Crippen LogP contribution in [-0.4, -0.2) is 33.9 Å². The molecule has 2 aromatic rings. The molecule has 0 fully saturated rings. The van der Waals surface area contributed by atoms with Crippen molar-refractivity contribution in [3.63, 3.8) is 0 Å². The van der Waals surface area contributed by atoms with Gasteiger partial charge in [-0.25, -0.2) is 9.67 Å². The highest BCUT2D eigenvalue weighted by atomic mass is 16.6. The summed E-state index contributed by atoms with van der Waals surface area (Å²) >= 11 is 0. The first-order chi connectivity index (χ1) is 12.2. The lowest BCUT2D eigenvalue weighted by Gasteiger charge is -2.20.